The first-order chi connectivity index (χ1) is 14.6. The standard InChI is InChI=1S/C21H16N6O3/c28-15-5-1-13(2-6-15)9-26-12-24-17-18-20(23-11-22-19(17)26)27(21(30)25-18)10-14-3-7-16(29)8-4-14/h1-8,11-12,28-29H,9-10H2. The first kappa shape index (κ1) is 17.8. The third-order valence-electron chi connectivity index (χ3n) is 4.87. The normalized spacial score (nSPS) is 11.3. The van der Waals surface area contributed by atoms with Crippen LogP contribution in [0.2, 0.25) is 0 Å². The third kappa shape index (κ3) is 3.12. The number of phenolic OH excluding ortho intramolecular Hbond substituents is 2. The molecule has 9 heteroatoms. The van der Waals surface area contributed by atoms with Gasteiger partial charge in [-0.05, 0) is 35.4 Å². The minimum atomic E-state index is -0.425. The van der Waals surface area contributed by atoms with Crippen LogP contribution in [0.3, 0.4) is 0 Å². The lowest BCUT2D eigenvalue weighted by atomic mass is 10.2. The topological polar surface area (TPSA) is 119 Å². The van der Waals surface area contributed by atoms with Gasteiger partial charge < -0.3 is 14.8 Å². The van der Waals surface area contributed by atoms with E-state index >= 15 is 0 Å². The van der Waals surface area contributed by atoms with Gasteiger partial charge in [-0.2, -0.15) is 4.98 Å². The highest BCUT2D eigenvalue weighted by molar-refractivity contribution is 5.85. The maximum absolute atomic E-state index is 12.6. The van der Waals surface area contributed by atoms with Crippen LogP contribution >= 0.6 is 0 Å². The van der Waals surface area contributed by atoms with Gasteiger partial charge >= 0.3 is 5.69 Å². The molecule has 0 saturated carbocycles. The van der Waals surface area contributed by atoms with Crippen LogP contribution in [-0.4, -0.2) is 39.3 Å². The van der Waals surface area contributed by atoms with Crippen molar-refractivity contribution in [3.05, 3.63) is 82.8 Å². The van der Waals surface area contributed by atoms with Gasteiger partial charge in [-0.25, -0.2) is 19.7 Å². The lowest BCUT2D eigenvalue weighted by Gasteiger charge is -2.04. The Kier molecular flexibility index (Phi) is 4.13. The van der Waals surface area contributed by atoms with Crippen molar-refractivity contribution in [3.63, 3.8) is 0 Å². The first-order valence-corrected chi connectivity index (χ1v) is 9.21. The van der Waals surface area contributed by atoms with Gasteiger partial charge in [-0.15, -0.1) is 0 Å². The second kappa shape index (κ2) is 6.96. The molecule has 2 aromatic carbocycles. The molecule has 0 amide bonds. The molecule has 9 nitrogen and oxygen atoms in total. The molecule has 3 aromatic rings. The molecule has 3 heterocycles. The summed E-state index contributed by atoms with van der Waals surface area (Å²) in [5.74, 6) is 0.753. The van der Waals surface area contributed by atoms with E-state index in [1.807, 2.05) is 16.7 Å². The summed E-state index contributed by atoms with van der Waals surface area (Å²) >= 11 is 0. The number of aromatic hydroxyl groups is 2. The first-order valence-electron chi connectivity index (χ1n) is 9.21. The molecule has 5 rings (SSSR count). The minimum Gasteiger partial charge on any atom is -0.508 e. The summed E-state index contributed by atoms with van der Waals surface area (Å²) in [5, 5.41) is 18.9. The van der Waals surface area contributed by atoms with E-state index in [0.717, 1.165) is 11.1 Å². The molecule has 0 unspecified atom stereocenters. The summed E-state index contributed by atoms with van der Waals surface area (Å²) in [5.41, 5.74) is 2.80. The van der Waals surface area contributed by atoms with Crippen LogP contribution in [0.5, 0.6) is 11.5 Å². The van der Waals surface area contributed by atoms with Crippen molar-refractivity contribution in [1.29, 1.82) is 0 Å². The van der Waals surface area contributed by atoms with Gasteiger partial charge in [0.1, 0.15) is 29.0 Å². The molecule has 0 atom stereocenters. The quantitative estimate of drug-likeness (QED) is 0.473. The lowest BCUT2D eigenvalue weighted by Crippen LogP contribution is -2.17. The highest BCUT2D eigenvalue weighted by Crippen LogP contribution is 2.24. The minimum absolute atomic E-state index is 0.159. The van der Waals surface area contributed by atoms with E-state index in [1.54, 1.807) is 42.7 Å². The van der Waals surface area contributed by atoms with Crippen molar-refractivity contribution in [2.24, 2.45) is 0 Å². The second-order valence-electron chi connectivity index (χ2n) is 6.90. The van der Waals surface area contributed by atoms with E-state index in [1.165, 1.54) is 10.9 Å². The summed E-state index contributed by atoms with van der Waals surface area (Å²) < 4.78 is 3.30. The summed E-state index contributed by atoms with van der Waals surface area (Å²) in [6.45, 7) is 0.760. The Labute approximate surface area is 169 Å². The van der Waals surface area contributed by atoms with E-state index in [0.29, 0.717) is 29.2 Å². The molecule has 0 fully saturated rings. The molecule has 0 spiro atoms. The van der Waals surface area contributed by atoms with Crippen LogP contribution in [0, 0.1) is 0 Å². The number of hydrogen-bond acceptors (Lipinski definition) is 7. The summed E-state index contributed by atoms with van der Waals surface area (Å²) in [4.78, 5) is 29.9. The smallest absolute Gasteiger partial charge is 0.350 e. The fourth-order valence-corrected chi connectivity index (χ4v) is 3.37. The highest BCUT2D eigenvalue weighted by atomic mass is 16.3. The molecule has 0 radical (unpaired) electrons. The van der Waals surface area contributed by atoms with E-state index < -0.39 is 5.69 Å². The average molecular weight is 400 g/mol. The predicted molar refractivity (Wildman–Crippen MR) is 108 cm³/mol. The van der Waals surface area contributed by atoms with Gasteiger partial charge in [0.2, 0.25) is 0 Å². The second-order valence-corrected chi connectivity index (χ2v) is 6.90. The molecule has 0 saturated heterocycles. The van der Waals surface area contributed by atoms with Crippen molar-refractivity contribution in [1.82, 2.24) is 29.1 Å². The van der Waals surface area contributed by atoms with Gasteiger partial charge in [0.05, 0.1) is 19.4 Å². The molecular weight excluding hydrogens is 384 g/mol. The Morgan fingerprint density at radius 1 is 0.800 bits per heavy atom. The van der Waals surface area contributed by atoms with Crippen molar-refractivity contribution in [2.45, 2.75) is 13.1 Å². The molecule has 30 heavy (non-hydrogen) atoms. The Bertz CT molecular complexity index is 1370. The van der Waals surface area contributed by atoms with Crippen LogP contribution in [-0.2, 0) is 13.1 Å². The summed E-state index contributed by atoms with van der Waals surface area (Å²) in [7, 11) is 0. The van der Waals surface area contributed by atoms with Gasteiger partial charge in [-0.1, -0.05) is 24.3 Å². The number of rotatable bonds is 4. The number of imidazole rings is 2. The largest absolute Gasteiger partial charge is 0.508 e. The maximum Gasteiger partial charge on any atom is 0.350 e. The van der Waals surface area contributed by atoms with E-state index in [2.05, 4.69) is 19.9 Å². The summed E-state index contributed by atoms with van der Waals surface area (Å²) in [6, 6.07) is 13.5. The number of nitrogens with zero attached hydrogens (tertiary/aromatic N) is 6. The number of benzene rings is 2. The molecule has 0 bridgehead atoms. The number of aromatic nitrogens is 6. The van der Waals surface area contributed by atoms with Crippen molar-refractivity contribution in [2.75, 3.05) is 0 Å². The highest BCUT2D eigenvalue weighted by Gasteiger charge is 2.21. The van der Waals surface area contributed by atoms with Gasteiger partial charge in [0.15, 0.2) is 11.5 Å². The van der Waals surface area contributed by atoms with E-state index in [9.17, 15) is 15.0 Å². The molecular formula is C21H16N6O3. The van der Waals surface area contributed by atoms with Crippen molar-refractivity contribution < 1.29 is 10.2 Å². The van der Waals surface area contributed by atoms with Crippen LogP contribution in [0.1, 0.15) is 11.1 Å². The Hall–Kier alpha value is -4.27. The van der Waals surface area contributed by atoms with Crippen LogP contribution in [0.25, 0.3) is 22.7 Å². The van der Waals surface area contributed by atoms with E-state index in [4.69, 9.17) is 0 Å². The molecule has 2 aliphatic rings. The molecule has 0 aliphatic carbocycles. The zero-order valence-electron chi connectivity index (χ0n) is 15.7. The molecule has 1 aromatic heterocycles. The average Bonchev–Trinajstić information content (AvgIpc) is 3.21. The van der Waals surface area contributed by atoms with Crippen LogP contribution < -0.4 is 5.69 Å². The Balaban J connectivity index is 1.56. The van der Waals surface area contributed by atoms with E-state index in [-0.39, 0.29) is 18.0 Å². The monoisotopic (exact) mass is 400 g/mol. The third-order valence-corrected chi connectivity index (χ3v) is 4.87. The zero-order valence-corrected chi connectivity index (χ0v) is 15.7. The number of hydrogen-bond donors (Lipinski definition) is 2. The fourth-order valence-electron chi connectivity index (χ4n) is 3.37. The molecule has 2 aliphatic heterocycles. The zero-order chi connectivity index (χ0) is 20.7. The number of fused-ring (bicyclic) bond motifs is 3. The van der Waals surface area contributed by atoms with Gasteiger partial charge in [0.25, 0.3) is 0 Å². The maximum atomic E-state index is 12.6. The Morgan fingerprint density at radius 2 is 1.43 bits per heavy atom. The number of phenols is 2. The SMILES string of the molecule is O=c1nc2c3ncn(Cc4ccc(O)cc4)c3ncnc-2n1Cc1ccc(O)cc1. The fraction of sp³-hybridized carbons (Fsp3) is 0.0952. The molecule has 2 N–H and O–H groups in total. The van der Waals surface area contributed by atoms with Gasteiger partial charge in [-0.3, -0.25) is 4.57 Å². The van der Waals surface area contributed by atoms with Gasteiger partial charge in [0, 0.05) is 0 Å². The van der Waals surface area contributed by atoms with Crippen LogP contribution in [0.4, 0.5) is 0 Å². The lowest BCUT2D eigenvalue weighted by molar-refractivity contribution is 0.474. The molecule has 148 valence electrons. The van der Waals surface area contributed by atoms with Crippen molar-refractivity contribution in [3.8, 4) is 23.0 Å². The summed E-state index contributed by atoms with van der Waals surface area (Å²) in [6.07, 6.45) is 3.04. The van der Waals surface area contributed by atoms with Crippen molar-refractivity contribution >= 4 is 11.2 Å². The Morgan fingerprint density at radius 3 is 2.10 bits per heavy atom. The van der Waals surface area contributed by atoms with Crippen LogP contribution in [0.15, 0.2) is 66.0 Å². The predicted octanol–water partition coefficient (Wildman–Crippen LogP) is 2.00.